The van der Waals surface area contributed by atoms with Crippen molar-refractivity contribution in [2.75, 3.05) is 20.2 Å². The quantitative estimate of drug-likeness (QED) is 0.852. The Kier molecular flexibility index (Phi) is 5.50. The number of phenols is 1. The zero-order valence-corrected chi connectivity index (χ0v) is 10.9. The molecule has 0 heterocycles. The monoisotopic (exact) mass is 259 g/mol. The maximum Gasteiger partial charge on any atom is 0.187 e. The molecule has 1 rings (SSSR count). The molecule has 0 saturated heterocycles. The van der Waals surface area contributed by atoms with Gasteiger partial charge >= 0.3 is 0 Å². The van der Waals surface area contributed by atoms with Gasteiger partial charge in [-0.15, -0.1) is 0 Å². The van der Waals surface area contributed by atoms with Crippen LogP contribution in [0.3, 0.4) is 0 Å². The normalized spacial score (nSPS) is 11.5. The number of rotatable bonds is 6. The van der Waals surface area contributed by atoms with E-state index >= 15 is 0 Å². The zero-order valence-electron chi connectivity index (χ0n) is 10.9. The number of phenolic OH excluding ortho intramolecular Hbond substituents is 1. The van der Waals surface area contributed by atoms with Crippen molar-refractivity contribution >= 4 is 0 Å². The van der Waals surface area contributed by atoms with E-state index in [-0.39, 0.29) is 6.10 Å². The van der Waals surface area contributed by atoms with Crippen LogP contribution >= 0.6 is 0 Å². The Bertz CT molecular complexity index is 374. The summed E-state index contributed by atoms with van der Waals surface area (Å²) in [7, 11) is 1.84. The molecule has 1 N–H and O–H groups in total. The van der Waals surface area contributed by atoms with Crippen LogP contribution in [-0.4, -0.2) is 36.3 Å². The Morgan fingerprint density at radius 2 is 1.83 bits per heavy atom. The van der Waals surface area contributed by atoms with Crippen molar-refractivity contribution in [3.8, 4) is 5.75 Å². The highest BCUT2D eigenvalue weighted by Crippen LogP contribution is 2.21. The van der Waals surface area contributed by atoms with Gasteiger partial charge in [-0.2, -0.15) is 0 Å². The van der Waals surface area contributed by atoms with E-state index in [0.717, 1.165) is 12.1 Å². The number of nitrogens with zero attached hydrogens (tertiary/aromatic N) is 1. The number of likely N-dealkylation sites (N-methyl/N-ethyl adjacent to an activating group) is 1. The van der Waals surface area contributed by atoms with Crippen LogP contribution in [0.4, 0.5) is 8.78 Å². The van der Waals surface area contributed by atoms with E-state index in [1.165, 1.54) is 0 Å². The van der Waals surface area contributed by atoms with E-state index in [4.69, 9.17) is 9.84 Å². The first-order valence-electron chi connectivity index (χ1n) is 5.87. The standard InChI is InChI=1S/C13H19F2NO2/c1-9(2)18-5-4-16(3)8-10-6-11(14)13(17)12(15)7-10/h6-7,9,17H,4-5,8H2,1-3H3. The third-order valence-electron chi connectivity index (χ3n) is 2.45. The first-order valence-corrected chi connectivity index (χ1v) is 5.87. The molecule has 18 heavy (non-hydrogen) atoms. The molecule has 0 spiro atoms. The molecule has 0 unspecified atom stereocenters. The fourth-order valence-electron chi connectivity index (χ4n) is 1.54. The van der Waals surface area contributed by atoms with Gasteiger partial charge in [-0.1, -0.05) is 0 Å². The Labute approximate surface area is 106 Å². The van der Waals surface area contributed by atoms with E-state index in [1.54, 1.807) is 0 Å². The van der Waals surface area contributed by atoms with E-state index < -0.39 is 17.4 Å². The van der Waals surface area contributed by atoms with Gasteiger partial charge < -0.3 is 9.84 Å². The third-order valence-corrected chi connectivity index (χ3v) is 2.45. The molecule has 102 valence electrons. The predicted molar refractivity (Wildman–Crippen MR) is 65.4 cm³/mol. The van der Waals surface area contributed by atoms with Gasteiger partial charge in [0.25, 0.3) is 0 Å². The van der Waals surface area contributed by atoms with Gasteiger partial charge in [0.2, 0.25) is 0 Å². The molecule has 3 nitrogen and oxygen atoms in total. The van der Waals surface area contributed by atoms with Crippen molar-refractivity contribution in [2.24, 2.45) is 0 Å². The van der Waals surface area contributed by atoms with Crippen molar-refractivity contribution in [3.05, 3.63) is 29.3 Å². The molecule has 0 aliphatic heterocycles. The molecule has 0 atom stereocenters. The smallest absolute Gasteiger partial charge is 0.187 e. The maximum absolute atomic E-state index is 13.1. The number of hydrogen-bond donors (Lipinski definition) is 1. The number of ether oxygens (including phenoxy) is 1. The minimum absolute atomic E-state index is 0.168. The van der Waals surface area contributed by atoms with Gasteiger partial charge in [-0.3, -0.25) is 4.90 Å². The van der Waals surface area contributed by atoms with E-state index in [0.29, 0.717) is 25.3 Å². The summed E-state index contributed by atoms with van der Waals surface area (Å²) in [5, 5.41) is 8.98. The van der Waals surface area contributed by atoms with Crippen LogP contribution in [0.1, 0.15) is 19.4 Å². The van der Waals surface area contributed by atoms with Crippen LogP contribution in [0.2, 0.25) is 0 Å². The molecular weight excluding hydrogens is 240 g/mol. The van der Waals surface area contributed by atoms with Crippen molar-refractivity contribution in [1.82, 2.24) is 4.90 Å². The van der Waals surface area contributed by atoms with Crippen LogP contribution in [0.15, 0.2) is 12.1 Å². The lowest BCUT2D eigenvalue weighted by atomic mass is 10.2. The van der Waals surface area contributed by atoms with Gasteiger partial charge in [0.05, 0.1) is 12.7 Å². The van der Waals surface area contributed by atoms with Gasteiger partial charge in [0.1, 0.15) is 0 Å². The maximum atomic E-state index is 13.1. The van der Waals surface area contributed by atoms with E-state index in [2.05, 4.69) is 0 Å². The number of hydrogen-bond acceptors (Lipinski definition) is 3. The molecular formula is C13H19F2NO2. The zero-order chi connectivity index (χ0) is 13.7. The van der Waals surface area contributed by atoms with E-state index in [1.807, 2.05) is 25.8 Å². The van der Waals surface area contributed by atoms with Gasteiger partial charge in [0.15, 0.2) is 17.4 Å². The first-order chi connectivity index (χ1) is 8.40. The highest BCUT2D eigenvalue weighted by Gasteiger charge is 2.10. The average molecular weight is 259 g/mol. The third kappa shape index (κ3) is 4.58. The largest absolute Gasteiger partial charge is 0.503 e. The molecule has 0 saturated carbocycles. The lowest BCUT2D eigenvalue weighted by molar-refractivity contribution is 0.0627. The molecule has 0 aliphatic carbocycles. The molecule has 1 aromatic carbocycles. The summed E-state index contributed by atoms with van der Waals surface area (Å²) in [6.07, 6.45) is 0.168. The summed E-state index contributed by atoms with van der Waals surface area (Å²) in [6.45, 7) is 5.53. The van der Waals surface area contributed by atoms with E-state index in [9.17, 15) is 8.78 Å². The Hall–Kier alpha value is -1.20. The first kappa shape index (κ1) is 14.9. The van der Waals surface area contributed by atoms with Crippen LogP contribution in [-0.2, 0) is 11.3 Å². The predicted octanol–water partition coefficient (Wildman–Crippen LogP) is 2.53. The fourth-order valence-corrected chi connectivity index (χ4v) is 1.54. The van der Waals surface area contributed by atoms with Crippen molar-refractivity contribution in [3.63, 3.8) is 0 Å². The van der Waals surface area contributed by atoms with Crippen LogP contribution in [0.5, 0.6) is 5.75 Å². The number of aromatic hydroxyl groups is 1. The van der Waals surface area contributed by atoms with Crippen LogP contribution in [0.25, 0.3) is 0 Å². The SMILES string of the molecule is CC(C)OCCN(C)Cc1cc(F)c(O)c(F)c1. The minimum atomic E-state index is -0.933. The highest BCUT2D eigenvalue weighted by atomic mass is 19.1. The topological polar surface area (TPSA) is 32.7 Å². The number of halogens is 2. The number of benzene rings is 1. The molecule has 0 bridgehead atoms. The second-order valence-electron chi connectivity index (χ2n) is 4.57. The Morgan fingerprint density at radius 1 is 1.28 bits per heavy atom. The second-order valence-corrected chi connectivity index (χ2v) is 4.57. The van der Waals surface area contributed by atoms with Gasteiger partial charge in [0, 0.05) is 13.1 Å². The Balaban J connectivity index is 2.51. The highest BCUT2D eigenvalue weighted by molar-refractivity contribution is 5.29. The molecule has 5 heteroatoms. The minimum Gasteiger partial charge on any atom is -0.503 e. The lowest BCUT2D eigenvalue weighted by Gasteiger charge is -2.18. The molecule has 0 fully saturated rings. The van der Waals surface area contributed by atoms with Crippen molar-refractivity contribution < 1.29 is 18.6 Å². The van der Waals surface area contributed by atoms with Crippen molar-refractivity contribution in [1.29, 1.82) is 0 Å². The van der Waals surface area contributed by atoms with Crippen molar-refractivity contribution in [2.45, 2.75) is 26.5 Å². The molecule has 0 aliphatic rings. The molecule has 0 aromatic heterocycles. The Morgan fingerprint density at radius 3 is 2.33 bits per heavy atom. The van der Waals surface area contributed by atoms with Crippen LogP contribution < -0.4 is 0 Å². The molecule has 0 amide bonds. The lowest BCUT2D eigenvalue weighted by Crippen LogP contribution is -2.24. The van der Waals surface area contributed by atoms with Crippen LogP contribution in [0, 0.1) is 11.6 Å². The molecule has 1 aromatic rings. The second kappa shape index (κ2) is 6.66. The summed E-state index contributed by atoms with van der Waals surface area (Å²) in [6, 6.07) is 2.27. The summed E-state index contributed by atoms with van der Waals surface area (Å²) in [4.78, 5) is 1.90. The summed E-state index contributed by atoms with van der Waals surface area (Å²) >= 11 is 0. The average Bonchev–Trinajstić information content (AvgIpc) is 2.25. The van der Waals surface area contributed by atoms with Gasteiger partial charge in [-0.05, 0) is 38.6 Å². The van der Waals surface area contributed by atoms with Gasteiger partial charge in [-0.25, -0.2) is 8.78 Å². The summed E-state index contributed by atoms with van der Waals surface area (Å²) in [5.41, 5.74) is 0.481. The summed E-state index contributed by atoms with van der Waals surface area (Å²) in [5.74, 6) is -2.79. The fraction of sp³-hybridized carbons (Fsp3) is 0.538. The molecule has 0 radical (unpaired) electrons. The summed E-state index contributed by atoms with van der Waals surface area (Å²) < 4.78 is 31.6.